The normalized spacial score (nSPS) is 43.9. The number of hydrogen-bond donors (Lipinski definition) is 0. The van der Waals surface area contributed by atoms with Crippen molar-refractivity contribution in [2.45, 2.75) is 26.0 Å². The molecule has 1 rings (SSSR count). The van der Waals surface area contributed by atoms with E-state index in [-0.39, 0.29) is 5.92 Å². The molecular formula is C7H12OS. The molecule has 0 aliphatic carbocycles. The first-order valence-electron chi connectivity index (χ1n) is 3.33. The van der Waals surface area contributed by atoms with Crippen LogP contribution in [0.2, 0.25) is 0 Å². The molecule has 1 saturated heterocycles. The van der Waals surface area contributed by atoms with Gasteiger partial charge in [0.15, 0.2) is 5.12 Å². The molecular weight excluding hydrogens is 132 g/mol. The number of carbonyl (C=O) groups is 1. The van der Waals surface area contributed by atoms with Gasteiger partial charge in [0, 0.05) is 11.2 Å². The topological polar surface area (TPSA) is 17.1 Å². The van der Waals surface area contributed by atoms with Gasteiger partial charge in [-0.2, -0.15) is 0 Å². The Morgan fingerprint density at radius 1 is 1.33 bits per heavy atom. The van der Waals surface area contributed by atoms with E-state index < -0.39 is 0 Å². The van der Waals surface area contributed by atoms with Crippen LogP contribution in [0.1, 0.15) is 20.8 Å². The first-order valence-corrected chi connectivity index (χ1v) is 4.21. The molecule has 1 nitrogen and oxygen atoms in total. The molecule has 1 aliphatic rings. The van der Waals surface area contributed by atoms with Crippen LogP contribution in [-0.4, -0.2) is 10.4 Å². The first-order chi connectivity index (χ1) is 4.13. The predicted molar refractivity (Wildman–Crippen MR) is 40.4 cm³/mol. The third kappa shape index (κ3) is 1.13. The molecule has 3 atom stereocenters. The van der Waals surface area contributed by atoms with Crippen molar-refractivity contribution < 1.29 is 4.79 Å². The summed E-state index contributed by atoms with van der Waals surface area (Å²) >= 11 is 1.50. The van der Waals surface area contributed by atoms with Gasteiger partial charge >= 0.3 is 0 Å². The van der Waals surface area contributed by atoms with Gasteiger partial charge in [0.1, 0.15) is 0 Å². The van der Waals surface area contributed by atoms with Crippen molar-refractivity contribution in [2.75, 3.05) is 0 Å². The van der Waals surface area contributed by atoms with Gasteiger partial charge < -0.3 is 0 Å². The maximum atomic E-state index is 11.0. The highest BCUT2D eigenvalue weighted by molar-refractivity contribution is 8.14. The first kappa shape index (κ1) is 7.13. The Labute approximate surface area is 60.2 Å². The summed E-state index contributed by atoms with van der Waals surface area (Å²) in [4.78, 5) is 11.0. The average Bonchev–Trinajstić information content (AvgIpc) is 1.98. The molecule has 9 heavy (non-hydrogen) atoms. The Hall–Kier alpha value is 0.0200. The van der Waals surface area contributed by atoms with E-state index in [0.29, 0.717) is 16.3 Å². The molecule has 0 aromatic rings. The van der Waals surface area contributed by atoms with E-state index in [1.54, 1.807) is 0 Å². The lowest BCUT2D eigenvalue weighted by Gasteiger charge is -2.08. The third-order valence-corrected chi connectivity index (χ3v) is 3.61. The van der Waals surface area contributed by atoms with Crippen molar-refractivity contribution >= 4 is 16.9 Å². The fraction of sp³-hybridized carbons (Fsp3) is 0.857. The smallest absolute Gasteiger partial charge is 0.192 e. The Morgan fingerprint density at radius 2 is 1.89 bits per heavy atom. The zero-order valence-electron chi connectivity index (χ0n) is 6.05. The zero-order chi connectivity index (χ0) is 7.02. The standard InChI is InChI=1S/C7H12OS/c1-4-5(2)7(8)9-6(4)3/h4-6H,1-3H3/t4-,5+,6+/m0/s1. The van der Waals surface area contributed by atoms with Gasteiger partial charge in [-0.05, 0) is 5.92 Å². The summed E-state index contributed by atoms with van der Waals surface area (Å²) in [6.07, 6.45) is 0. The largest absolute Gasteiger partial charge is 0.287 e. The minimum Gasteiger partial charge on any atom is -0.287 e. The van der Waals surface area contributed by atoms with E-state index in [2.05, 4.69) is 13.8 Å². The molecule has 0 amide bonds. The Kier molecular flexibility index (Phi) is 1.85. The van der Waals surface area contributed by atoms with Crippen LogP contribution >= 0.6 is 11.8 Å². The summed E-state index contributed by atoms with van der Waals surface area (Å²) in [6.45, 7) is 6.29. The van der Waals surface area contributed by atoms with Gasteiger partial charge in [-0.25, -0.2) is 0 Å². The molecule has 0 aromatic heterocycles. The van der Waals surface area contributed by atoms with E-state index >= 15 is 0 Å². The molecule has 0 spiro atoms. The van der Waals surface area contributed by atoms with Gasteiger partial charge in [0.25, 0.3) is 0 Å². The minimum atomic E-state index is 0.282. The molecule has 1 fully saturated rings. The molecule has 0 radical (unpaired) electrons. The van der Waals surface area contributed by atoms with Gasteiger partial charge in [-0.3, -0.25) is 4.79 Å². The molecule has 0 bridgehead atoms. The lowest BCUT2D eigenvalue weighted by atomic mass is 9.95. The van der Waals surface area contributed by atoms with Crippen LogP contribution in [0, 0.1) is 11.8 Å². The fourth-order valence-electron chi connectivity index (χ4n) is 1.02. The highest BCUT2D eigenvalue weighted by Crippen LogP contribution is 2.37. The summed E-state index contributed by atoms with van der Waals surface area (Å²) in [6, 6.07) is 0. The number of carbonyl (C=O) groups excluding carboxylic acids is 1. The molecule has 0 unspecified atom stereocenters. The second-order valence-corrected chi connectivity index (χ2v) is 4.17. The van der Waals surface area contributed by atoms with Crippen LogP contribution in [0.3, 0.4) is 0 Å². The third-order valence-electron chi connectivity index (χ3n) is 2.20. The molecule has 0 aromatic carbocycles. The van der Waals surface area contributed by atoms with E-state index in [4.69, 9.17) is 0 Å². The lowest BCUT2D eigenvalue weighted by Crippen LogP contribution is -2.11. The van der Waals surface area contributed by atoms with Crippen molar-refractivity contribution in [3.63, 3.8) is 0 Å². The minimum absolute atomic E-state index is 0.282. The van der Waals surface area contributed by atoms with Gasteiger partial charge in [-0.1, -0.05) is 32.5 Å². The van der Waals surface area contributed by atoms with Crippen molar-refractivity contribution in [3.8, 4) is 0 Å². The summed E-state index contributed by atoms with van der Waals surface area (Å²) in [5.74, 6) is 0.854. The van der Waals surface area contributed by atoms with Crippen molar-refractivity contribution in [3.05, 3.63) is 0 Å². The van der Waals surface area contributed by atoms with Crippen LogP contribution < -0.4 is 0 Å². The highest BCUT2D eigenvalue weighted by Gasteiger charge is 2.34. The number of rotatable bonds is 0. The Morgan fingerprint density at radius 3 is 2.00 bits per heavy atom. The molecule has 52 valence electrons. The Bertz CT molecular complexity index is 133. The second kappa shape index (κ2) is 2.33. The van der Waals surface area contributed by atoms with Gasteiger partial charge in [-0.15, -0.1) is 0 Å². The molecule has 2 heteroatoms. The van der Waals surface area contributed by atoms with E-state index in [0.717, 1.165) is 0 Å². The quantitative estimate of drug-likeness (QED) is 0.516. The second-order valence-electron chi connectivity index (χ2n) is 2.79. The summed E-state index contributed by atoms with van der Waals surface area (Å²) in [5.41, 5.74) is 0. The highest BCUT2D eigenvalue weighted by atomic mass is 32.2. The maximum absolute atomic E-state index is 11.0. The molecule has 0 saturated carbocycles. The van der Waals surface area contributed by atoms with Crippen molar-refractivity contribution in [2.24, 2.45) is 11.8 Å². The number of hydrogen-bond acceptors (Lipinski definition) is 2. The summed E-state index contributed by atoms with van der Waals surface area (Å²) in [5, 5.41) is 0.905. The van der Waals surface area contributed by atoms with E-state index in [1.165, 1.54) is 11.8 Å². The van der Waals surface area contributed by atoms with Crippen molar-refractivity contribution in [1.29, 1.82) is 0 Å². The monoisotopic (exact) mass is 144 g/mol. The fourth-order valence-corrected chi connectivity index (χ4v) is 2.27. The molecule has 1 heterocycles. The SMILES string of the molecule is C[C@@H]1[C@@H](C)SC(=O)[C@@H]1C. The zero-order valence-corrected chi connectivity index (χ0v) is 6.87. The predicted octanol–water partition coefficient (Wildman–Crippen LogP) is 1.92. The van der Waals surface area contributed by atoms with Gasteiger partial charge in [0.2, 0.25) is 0 Å². The van der Waals surface area contributed by atoms with Crippen LogP contribution in [-0.2, 0) is 4.79 Å². The lowest BCUT2D eigenvalue weighted by molar-refractivity contribution is -0.114. The summed E-state index contributed by atoms with van der Waals surface area (Å²) < 4.78 is 0. The average molecular weight is 144 g/mol. The maximum Gasteiger partial charge on any atom is 0.192 e. The van der Waals surface area contributed by atoms with Crippen LogP contribution in [0.4, 0.5) is 0 Å². The van der Waals surface area contributed by atoms with Crippen LogP contribution in [0.5, 0.6) is 0 Å². The van der Waals surface area contributed by atoms with E-state index in [1.807, 2.05) is 6.92 Å². The van der Waals surface area contributed by atoms with Crippen LogP contribution in [0.25, 0.3) is 0 Å². The number of thioether (sulfide) groups is 1. The Balaban J connectivity index is 2.65. The van der Waals surface area contributed by atoms with Gasteiger partial charge in [0.05, 0.1) is 0 Å². The van der Waals surface area contributed by atoms with Crippen molar-refractivity contribution in [1.82, 2.24) is 0 Å². The summed E-state index contributed by atoms with van der Waals surface area (Å²) in [7, 11) is 0. The van der Waals surface area contributed by atoms with Crippen LogP contribution in [0.15, 0.2) is 0 Å². The molecule has 0 N–H and O–H groups in total. The van der Waals surface area contributed by atoms with E-state index in [9.17, 15) is 4.79 Å². The molecule has 1 aliphatic heterocycles.